The maximum Gasteiger partial charge on any atom is 0.262 e. The summed E-state index contributed by atoms with van der Waals surface area (Å²) in [6.45, 7) is 2.41. The minimum Gasteiger partial charge on any atom is -0.482 e. The Balaban J connectivity index is 1.66. The number of carbonyl (C=O) groups is 2. The van der Waals surface area contributed by atoms with E-state index in [2.05, 4.69) is 5.32 Å². The predicted molar refractivity (Wildman–Crippen MR) is 103 cm³/mol. The summed E-state index contributed by atoms with van der Waals surface area (Å²) >= 11 is 11.9. The lowest BCUT2D eigenvalue weighted by Crippen LogP contribution is -2.24. The SMILES string of the molecule is Cc1ccc(N2CCCC2=O)cc1NC(=O)COc1ccc(Cl)cc1Cl. The number of rotatable bonds is 5. The van der Waals surface area contributed by atoms with Crippen molar-refractivity contribution in [2.24, 2.45) is 0 Å². The molecule has 7 heteroatoms. The van der Waals surface area contributed by atoms with E-state index in [4.69, 9.17) is 27.9 Å². The van der Waals surface area contributed by atoms with Crippen LogP contribution in [0.4, 0.5) is 11.4 Å². The molecule has 2 amide bonds. The summed E-state index contributed by atoms with van der Waals surface area (Å²) in [5, 5.41) is 3.66. The summed E-state index contributed by atoms with van der Waals surface area (Å²) in [6.07, 6.45) is 1.41. The predicted octanol–water partition coefficient (Wildman–Crippen LogP) is 4.45. The third-order valence-corrected chi connectivity index (χ3v) is 4.66. The number of benzene rings is 2. The Labute approximate surface area is 161 Å². The number of hydrogen-bond donors (Lipinski definition) is 1. The molecule has 0 aromatic heterocycles. The van der Waals surface area contributed by atoms with Crippen LogP contribution in [0.3, 0.4) is 0 Å². The molecule has 3 rings (SSSR count). The molecule has 0 saturated carbocycles. The van der Waals surface area contributed by atoms with Crippen molar-refractivity contribution in [1.82, 2.24) is 0 Å². The zero-order chi connectivity index (χ0) is 18.7. The van der Waals surface area contributed by atoms with Crippen LogP contribution in [0.1, 0.15) is 18.4 Å². The first-order valence-electron chi connectivity index (χ1n) is 8.23. The average Bonchev–Trinajstić information content (AvgIpc) is 3.02. The molecule has 1 saturated heterocycles. The molecule has 1 fully saturated rings. The van der Waals surface area contributed by atoms with Gasteiger partial charge >= 0.3 is 0 Å². The zero-order valence-corrected chi connectivity index (χ0v) is 15.7. The number of ether oxygens (including phenoxy) is 1. The molecule has 2 aromatic carbocycles. The van der Waals surface area contributed by atoms with E-state index in [9.17, 15) is 9.59 Å². The lowest BCUT2D eigenvalue weighted by molar-refractivity contribution is -0.118. The van der Waals surface area contributed by atoms with Gasteiger partial charge in [-0.25, -0.2) is 0 Å². The molecule has 1 aliphatic heterocycles. The largest absolute Gasteiger partial charge is 0.482 e. The second kappa shape index (κ2) is 7.98. The molecule has 136 valence electrons. The van der Waals surface area contributed by atoms with E-state index in [1.54, 1.807) is 23.1 Å². The standard InChI is InChI=1S/C19H18Cl2N2O3/c1-12-4-6-14(23-8-2-3-19(23)25)10-16(12)22-18(24)11-26-17-7-5-13(20)9-15(17)21/h4-7,9-10H,2-3,8,11H2,1H3,(H,22,24). The van der Waals surface area contributed by atoms with Gasteiger partial charge in [0.05, 0.1) is 5.02 Å². The monoisotopic (exact) mass is 392 g/mol. The fourth-order valence-corrected chi connectivity index (χ4v) is 3.22. The van der Waals surface area contributed by atoms with Gasteiger partial charge in [0.1, 0.15) is 5.75 Å². The summed E-state index contributed by atoms with van der Waals surface area (Å²) in [5.74, 6) is 0.176. The van der Waals surface area contributed by atoms with E-state index in [1.165, 1.54) is 0 Å². The lowest BCUT2D eigenvalue weighted by Gasteiger charge is -2.18. The van der Waals surface area contributed by atoms with Gasteiger partial charge in [-0.05, 0) is 49.2 Å². The van der Waals surface area contributed by atoms with Crippen molar-refractivity contribution >= 4 is 46.4 Å². The third kappa shape index (κ3) is 4.29. The maximum absolute atomic E-state index is 12.2. The molecule has 0 aliphatic carbocycles. The Morgan fingerprint density at radius 1 is 1.23 bits per heavy atom. The Kier molecular flexibility index (Phi) is 5.69. The molecule has 0 atom stereocenters. The van der Waals surface area contributed by atoms with Gasteiger partial charge in [-0.15, -0.1) is 0 Å². The van der Waals surface area contributed by atoms with Gasteiger partial charge in [-0.2, -0.15) is 0 Å². The molecular formula is C19H18Cl2N2O3. The molecule has 0 radical (unpaired) electrons. The van der Waals surface area contributed by atoms with Crippen molar-refractivity contribution in [1.29, 1.82) is 0 Å². The van der Waals surface area contributed by atoms with Gasteiger partial charge < -0.3 is 15.0 Å². The van der Waals surface area contributed by atoms with Crippen LogP contribution in [0.25, 0.3) is 0 Å². The fraction of sp³-hybridized carbons (Fsp3) is 0.263. The molecule has 1 heterocycles. The van der Waals surface area contributed by atoms with Crippen LogP contribution in [-0.4, -0.2) is 25.0 Å². The Hall–Kier alpha value is -2.24. The molecule has 1 N–H and O–H groups in total. The van der Waals surface area contributed by atoms with E-state index >= 15 is 0 Å². The summed E-state index contributed by atoms with van der Waals surface area (Å²) in [7, 11) is 0. The Morgan fingerprint density at radius 2 is 2.04 bits per heavy atom. The average molecular weight is 393 g/mol. The Bertz CT molecular complexity index is 855. The zero-order valence-electron chi connectivity index (χ0n) is 14.2. The summed E-state index contributed by atoms with van der Waals surface area (Å²) in [4.78, 5) is 25.9. The number of aryl methyl sites for hydroxylation is 1. The molecule has 0 spiro atoms. The second-order valence-electron chi connectivity index (χ2n) is 6.06. The van der Waals surface area contributed by atoms with E-state index < -0.39 is 0 Å². The molecular weight excluding hydrogens is 375 g/mol. The minimum atomic E-state index is -0.316. The van der Waals surface area contributed by atoms with Crippen molar-refractivity contribution < 1.29 is 14.3 Å². The van der Waals surface area contributed by atoms with E-state index in [1.807, 2.05) is 25.1 Å². The van der Waals surface area contributed by atoms with Crippen LogP contribution in [0.5, 0.6) is 5.75 Å². The topological polar surface area (TPSA) is 58.6 Å². The highest BCUT2D eigenvalue weighted by molar-refractivity contribution is 6.35. The number of halogens is 2. The van der Waals surface area contributed by atoms with Crippen molar-refractivity contribution in [3.05, 3.63) is 52.0 Å². The summed E-state index contributed by atoms with van der Waals surface area (Å²) in [6, 6.07) is 10.4. The van der Waals surface area contributed by atoms with Gasteiger partial charge in [0, 0.05) is 29.4 Å². The fourth-order valence-electron chi connectivity index (χ4n) is 2.76. The highest BCUT2D eigenvalue weighted by atomic mass is 35.5. The number of anilines is 2. The van der Waals surface area contributed by atoms with Gasteiger partial charge in [-0.1, -0.05) is 29.3 Å². The second-order valence-corrected chi connectivity index (χ2v) is 6.90. The van der Waals surface area contributed by atoms with Crippen molar-refractivity contribution in [3.8, 4) is 5.75 Å². The molecule has 1 aliphatic rings. The van der Waals surface area contributed by atoms with Crippen LogP contribution in [0.15, 0.2) is 36.4 Å². The maximum atomic E-state index is 12.2. The normalized spacial score (nSPS) is 13.8. The summed E-state index contributed by atoms with van der Waals surface area (Å²) < 4.78 is 5.45. The van der Waals surface area contributed by atoms with Crippen LogP contribution in [-0.2, 0) is 9.59 Å². The third-order valence-electron chi connectivity index (χ3n) is 4.13. The van der Waals surface area contributed by atoms with Crippen molar-refractivity contribution in [2.75, 3.05) is 23.4 Å². The first-order valence-corrected chi connectivity index (χ1v) is 8.98. The van der Waals surface area contributed by atoms with E-state index in [0.717, 1.165) is 17.7 Å². The first-order chi connectivity index (χ1) is 12.4. The van der Waals surface area contributed by atoms with Crippen LogP contribution < -0.4 is 15.0 Å². The van der Waals surface area contributed by atoms with E-state index in [0.29, 0.717) is 34.4 Å². The number of nitrogens with zero attached hydrogens (tertiary/aromatic N) is 1. The van der Waals surface area contributed by atoms with Gasteiger partial charge in [0.2, 0.25) is 5.91 Å². The van der Waals surface area contributed by atoms with Gasteiger partial charge in [-0.3, -0.25) is 9.59 Å². The smallest absolute Gasteiger partial charge is 0.262 e. The molecule has 0 bridgehead atoms. The quantitative estimate of drug-likeness (QED) is 0.817. The summed E-state index contributed by atoms with van der Waals surface area (Å²) in [5.41, 5.74) is 2.34. The Morgan fingerprint density at radius 3 is 2.73 bits per heavy atom. The minimum absolute atomic E-state index is 0.104. The van der Waals surface area contributed by atoms with Gasteiger partial charge in [0.15, 0.2) is 6.61 Å². The van der Waals surface area contributed by atoms with Crippen LogP contribution >= 0.6 is 23.2 Å². The molecule has 2 aromatic rings. The number of nitrogens with one attached hydrogen (secondary N) is 1. The van der Waals surface area contributed by atoms with Gasteiger partial charge in [0.25, 0.3) is 5.91 Å². The van der Waals surface area contributed by atoms with E-state index in [-0.39, 0.29) is 18.4 Å². The van der Waals surface area contributed by atoms with Crippen LogP contribution in [0.2, 0.25) is 10.0 Å². The number of hydrogen-bond acceptors (Lipinski definition) is 3. The lowest BCUT2D eigenvalue weighted by atomic mass is 10.1. The first kappa shape index (κ1) is 18.5. The number of carbonyl (C=O) groups excluding carboxylic acids is 2. The molecule has 0 unspecified atom stereocenters. The van der Waals surface area contributed by atoms with Crippen LogP contribution in [0, 0.1) is 6.92 Å². The highest BCUT2D eigenvalue weighted by Gasteiger charge is 2.22. The highest BCUT2D eigenvalue weighted by Crippen LogP contribution is 2.28. The number of amides is 2. The molecule has 5 nitrogen and oxygen atoms in total. The van der Waals surface area contributed by atoms with Crippen molar-refractivity contribution in [3.63, 3.8) is 0 Å². The van der Waals surface area contributed by atoms with Crippen molar-refractivity contribution in [2.45, 2.75) is 19.8 Å². The molecule has 26 heavy (non-hydrogen) atoms.